The fourth-order valence-corrected chi connectivity index (χ4v) is 4.57. The van der Waals surface area contributed by atoms with E-state index in [1.54, 1.807) is 18.2 Å². The minimum atomic E-state index is -0.531. The summed E-state index contributed by atoms with van der Waals surface area (Å²) in [6.45, 7) is 6.74. The first-order valence-corrected chi connectivity index (χ1v) is 8.77. The summed E-state index contributed by atoms with van der Waals surface area (Å²) in [5.74, 6) is -0.212. The van der Waals surface area contributed by atoms with E-state index in [1.165, 1.54) is 11.0 Å². The van der Waals surface area contributed by atoms with E-state index in [2.05, 4.69) is 31.3 Å². The standard InChI is InChI=1S/C19H23N3O3/c1-18(2)12-8-9-19(18,3)15(10-12)20-21-16(23)11-22-13-6-4-5-7-14(13)25-17(22)24/h4-7,12H,8-11H2,1-3H3,(H,21,23)/b20-15-. The van der Waals surface area contributed by atoms with Crippen molar-refractivity contribution in [3.8, 4) is 0 Å². The molecule has 2 unspecified atom stereocenters. The number of aromatic nitrogens is 1. The summed E-state index contributed by atoms with van der Waals surface area (Å²) in [5.41, 5.74) is 5.08. The van der Waals surface area contributed by atoms with Gasteiger partial charge in [-0.15, -0.1) is 0 Å². The van der Waals surface area contributed by atoms with E-state index >= 15 is 0 Å². The first-order valence-electron chi connectivity index (χ1n) is 8.77. The van der Waals surface area contributed by atoms with Crippen molar-refractivity contribution in [2.24, 2.45) is 21.8 Å². The predicted molar refractivity (Wildman–Crippen MR) is 95.3 cm³/mol. The van der Waals surface area contributed by atoms with E-state index in [9.17, 15) is 9.59 Å². The molecule has 6 heteroatoms. The zero-order chi connectivity index (χ0) is 17.8. The number of hydrazone groups is 1. The molecule has 1 aromatic heterocycles. The highest BCUT2D eigenvalue weighted by atomic mass is 16.4. The normalized spacial score (nSPS) is 28.8. The molecular weight excluding hydrogens is 318 g/mol. The fraction of sp³-hybridized carbons (Fsp3) is 0.526. The fourth-order valence-electron chi connectivity index (χ4n) is 4.57. The molecule has 0 saturated heterocycles. The van der Waals surface area contributed by atoms with Gasteiger partial charge in [0, 0.05) is 11.1 Å². The van der Waals surface area contributed by atoms with E-state index in [0.717, 1.165) is 18.6 Å². The number of amides is 1. The lowest BCUT2D eigenvalue weighted by Crippen LogP contribution is -2.35. The highest BCUT2D eigenvalue weighted by Gasteiger charge is 2.60. The first-order chi connectivity index (χ1) is 11.8. The van der Waals surface area contributed by atoms with Crippen molar-refractivity contribution in [1.29, 1.82) is 0 Å². The lowest BCUT2D eigenvalue weighted by molar-refractivity contribution is -0.121. The number of nitrogens with zero attached hydrogens (tertiary/aromatic N) is 2. The van der Waals surface area contributed by atoms with Crippen LogP contribution in [0, 0.1) is 16.7 Å². The lowest BCUT2D eigenvalue weighted by Gasteiger charge is -2.34. The smallest absolute Gasteiger partial charge is 0.408 e. The molecule has 1 aromatic carbocycles. The molecule has 0 spiro atoms. The molecule has 2 aromatic rings. The second-order valence-electron chi connectivity index (χ2n) is 8.01. The van der Waals surface area contributed by atoms with Gasteiger partial charge in [0.15, 0.2) is 5.58 Å². The highest BCUT2D eigenvalue weighted by Crippen LogP contribution is 2.63. The zero-order valence-corrected chi connectivity index (χ0v) is 14.8. The maximum absolute atomic E-state index is 12.3. The topological polar surface area (TPSA) is 76.6 Å². The quantitative estimate of drug-likeness (QED) is 0.872. The van der Waals surface area contributed by atoms with E-state index in [-0.39, 0.29) is 23.3 Å². The third-order valence-electron chi connectivity index (χ3n) is 6.70. The third-order valence-corrected chi connectivity index (χ3v) is 6.70. The molecule has 2 saturated carbocycles. The summed E-state index contributed by atoms with van der Waals surface area (Å²) in [4.78, 5) is 24.3. The predicted octanol–water partition coefficient (Wildman–Crippen LogP) is 2.91. The van der Waals surface area contributed by atoms with Crippen LogP contribution in [0.1, 0.15) is 40.0 Å². The summed E-state index contributed by atoms with van der Waals surface area (Å²) in [6, 6.07) is 7.08. The molecule has 2 fully saturated rings. The Bertz CT molecular complexity index is 937. The Kier molecular flexibility index (Phi) is 3.42. The van der Waals surface area contributed by atoms with E-state index in [1.807, 2.05) is 6.07 Å². The summed E-state index contributed by atoms with van der Waals surface area (Å²) in [5, 5.41) is 4.43. The van der Waals surface area contributed by atoms with Gasteiger partial charge in [0.2, 0.25) is 0 Å². The van der Waals surface area contributed by atoms with Crippen LogP contribution in [0.15, 0.2) is 38.6 Å². The number of nitrogens with one attached hydrogen (secondary N) is 1. The maximum atomic E-state index is 12.3. The molecule has 25 heavy (non-hydrogen) atoms. The maximum Gasteiger partial charge on any atom is 0.420 e. The third kappa shape index (κ3) is 2.27. The molecule has 1 amide bonds. The molecule has 2 atom stereocenters. The first kappa shape index (κ1) is 16.1. The average Bonchev–Trinajstić information content (AvgIpc) is 3.07. The molecule has 132 valence electrons. The Hall–Kier alpha value is -2.37. The molecule has 2 aliphatic carbocycles. The van der Waals surface area contributed by atoms with Crippen molar-refractivity contribution in [2.45, 2.75) is 46.6 Å². The molecule has 0 aliphatic heterocycles. The Morgan fingerprint density at radius 2 is 2.12 bits per heavy atom. The Labute approximate surface area is 145 Å². The van der Waals surface area contributed by atoms with Crippen LogP contribution in [0.5, 0.6) is 0 Å². The number of hydrogen-bond donors (Lipinski definition) is 1. The second kappa shape index (κ2) is 5.31. The van der Waals surface area contributed by atoms with Gasteiger partial charge in [-0.1, -0.05) is 32.9 Å². The van der Waals surface area contributed by atoms with Gasteiger partial charge in [-0.2, -0.15) is 5.10 Å². The van der Waals surface area contributed by atoms with Crippen LogP contribution >= 0.6 is 0 Å². The van der Waals surface area contributed by atoms with Gasteiger partial charge in [-0.3, -0.25) is 9.36 Å². The number of fused-ring (bicyclic) bond motifs is 3. The van der Waals surface area contributed by atoms with Gasteiger partial charge in [-0.25, -0.2) is 10.2 Å². The van der Waals surface area contributed by atoms with Crippen LogP contribution in [-0.4, -0.2) is 16.2 Å². The molecule has 1 heterocycles. The van der Waals surface area contributed by atoms with Gasteiger partial charge >= 0.3 is 5.76 Å². The van der Waals surface area contributed by atoms with Crippen molar-refractivity contribution in [2.75, 3.05) is 0 Å². The van der Waals surface area contributed by atoms with Crippen molar-refractivity contribution in [3.63, 3.8) is 0 Å². The Morgan fingerprint density at radius 1 is 1.36 bits per heavy atom. The van der Waals surface area contributed by atoms with Crippen LogP contribution in [0.25, 0.3) is 11.1 Å². The van der Waals surface area contributed by atoms with Gasteiger partial charge in [0.25, 0.3) is 5.91 Å². The van der Waals surface area contributed by atoms with Crippen LogP contribution in [0.3, 0.4) is 0 Å². The molecule has 2 aliphatic rings. The summed E-state index contributed by atoms with van der Waals surface area (Å²) < 4.78 is 6.48. The van der Waals surface area contributed by atoms with Crippen molar-refractivity contribution < 1.29 is 9.21 Å². The van der Waals surface area contributed by atoms with Crippen molar-refractivity contribution in [3.05, 3.63) is 34.8 Å². The number of carbonyl (C=O) groups is 1. The van der Waals surface area contributed by atoms with E-state index in [4.69, 9.17) is 4.42 Å². The minimum Gasteiger partial charge on any atom is -0.408 e. The van der Waals surface area contributed by atoms with E-state index < -0.39 is 5.76 Å². The van der Waals surface area contributed by atoms with Crippen LogP contribution in [0.4, 0.5) is 0 Å². The van der Waals surface area contributed by atoms with Crippen LogP contribution in [-0.2, 0) is 11.3 Å². The number of hydrogen-bond acceptors (Lipinski definition) is 4. The molecule has 2 bridgehead atoms. The number of benzene rings is 1. The number of oxazole rings is 1. The number of para-hydroxylation sites is 2. The van der Waals surface area contributed by atoms with Gasteiger partial charge in [-0.05, 0) is 42.7 Å². The SMILES string of the molecule is CC12CCC(C/C1=N/NC(=O)Cn1c(=O)oc3ccccc31)C2(C)C. The largest absolute Gasteiger partial charge is 0.420 e. The molecule has 6 nitrogen and oxygen atoms in total. The Morgan fingerprint density at radius 3 is 2.80 bits per heavy atom. The summed E-state index contributed by atoms with van der Waals surface area (Å²) in [7, 11) is 0. The highest BCUT2D eigenvalue weighted by molar-refractivity contribution is 5.95. The monoisotopic (exact) mass is 341 g/mol. The van der Waals surface area contributed by atoms with Gasteiger partial charge < -0.3 is 4.42 Å². The molecule has 1 N–H and O–H groups in total. The summed E-state index contributed by atoms with van der Waals surface area (Å²) >= 11 is 0. The van der Waals surface area contributed by atoms with E-state index in [0.29, 0.717) is 17.0 Å². The molecule has 0 radical (unpaired) electrons. The zero-order valence-electron chi connectivity index (χ0n) is 14.8. The lowest BCUT2D eigenvalue weighted by atomic mass is 9.70. The van der Waals surface area contributed by atoms with Gasteiger partial charge in [0.1, 0.15) is 6.54 Å². The van der Waals surface area contributed by atoms with Crippen molar-refractivity contribution in [1.82, 2.24) is 9.99 Å². The minimum absolute atomic E-state index is 0.0458. The second-order valence-corrected chi connectivity index (χ2v) is 8.01. The van der Waals surface area contributed by atoms with Crippen molar-refractivity contribution >= 4 is 22.7 Å². The molecule has 4 rings (SSSR count). The molecular formula is C19H23N3O3. The number of carbonyl (C=O) groups excluding carboxylic acids is 1. The van der Waals surface area contributed by atoms with Crippen LogP contribution < -0.4 is 11.2 Å². The van der Waals surface area contributed by atoms with Gasteiger partial charge in [0.05, 0.1) is 5.52 Å². The van der Waals surface area contributed by atoms with Crippen LogP contribution in [0.2, 0.25) is 0 Å². The summed E-state index contributed by atoms with van der Waals surface area (Å²) in [6.07, 6.45) is 3.29. The Balaban J connectivity index is 1.52. The number of rotatable bonds is 3. The average molecular weight is 341 g/mol.